The monoisotopic (exact) mass is 275 g/mol. The Balaban J connectivity index is 2.79. The summed E-state index contributed by atoms with van der Waals surface area (Å²) in [6.45, 7) is 3.76. The van der Waals surface area contributed by atoms with Gasteiger partial charge in [0.15, 0.2) is 0 Å². The lowest BCUT2D eigenvalue weighted by Gasteiger charge is -2.19. The lowest BCUT2D eigenvalue weighted by Crippen LogP contribution is -2.41. The molecule has 0 aliphatic heterocycles. The lowest BCUT2D eigenvalue weighted by molar-refractivity contribution is 0.0897. The minimum atomic E-state index is -0.267. The minimum Gasteiger partial charge on any atom is -0.394 e. The molecule has 0 saturated carbocycles. The van der Waals surface area contributed by atoms with Gasteiger partial charge in [0.25, 0.3) is 5.91 Å². The molecule has 0 spiro atoms. The van der Waals surface area contributed by atoms with Crippen LogP contribution in [-0.4, -0.2) is 23.7 Å². The van der Waals surface area contributed by atoms with E-state index in [0.29, 0.717) is 15.6 Å². The molecular weight excluding hydrogens is 261 g/mol. The molecule has 1 rings (SSSR count). The molecule has 0 unspecified atom stereocenters. The van der Waals surface area contributed by atoms with Crippen LogP contribution >= 0.6 is 23.2 Å². The number of hydrogen-bond acceptors (Lipinski definition) is 2. The zero-order chi connectivity index (χ0) is 13.0. The summed E-state index contributed by atoms with van der Waals surface area (Å²) in [5.74, 6) is -0.108. The van der Waals surface area contributed by atoms with E-state index in [1.165, 1.54) is 6.07 Å². The van der Waals surface area contributed by atoms with Crippen molar-refractivity contribution in [3.8, 4) is 0 Å². The molecule has 17 heavy (non-hydrogen) atoms. The second kappa shape index (κ2) is 6.24. The average Bonchev–Trinajstić information content (AvgIpc) is 2.28. The van der Waals surface area contributed by atoms with Gasteiger partial charge in [0, 0.05) is 5.56 Å². The van der Waals surface area contributed by atoms with Gasteiger partial charge in [0.05, 0.1) is 22.7 Å². The number of nitrogens with one attached hydrogen (secondary N) is 1. The van der Waals surface area contributed by atoms with Crippen LogP contribution in [0.4, 0.5) is 0 Å². The smallest absolute Gasteiger partial charge is 0.251 e. The largest absolute Gasteiger partial charge is 0.394 e. The van der Waals surface area contributed by atoms with Gasteiger partial charge < -0.3 is 10.4 Å². The Labute approximate surface area is 111 Å². The van der Waals surface area contributed by atoms with Crippen molar-refractivity contribution in [3.63, 3.8) is 0 Å². The van der Waals surface area contributed by atoms with Crippen molar-refractivity contribution >= 4 is 29.1 Å². The summed E-state index contributed by atoms with van der Waals surface area (Å²) in [5, 5.41) is 12.6. The molecule has 1 amide bonds. The van der Waals surface area contributed by atoms with Crippen molar-refractivity contribution in [2.24, 2.45) is 5.92 Å². The lowest BCUT2D eigenvalue weighted by atomic mass is 10.0. The molecule has 0 radical (unpaired) electrons. The van der Waals surface area contributed by atoms with Crippen molar-refractivity contribution in [1.82, 2.24) is 5.32 Å². The average molecular weight is 276 g/mol. The molecule has 1 aromatic rings. The molecule has 0 aliphatic rings. The highest BCUT2D eigenvalue weighted by Crippen LogP contribution is 2.22. The number of benzene rings is 1. The molecule has 0 fully saturated rings. The summed E-state index contributed by atoms with van der Waals surface area (Å²) in [5.41, 5.74) is 0.429. The van der Waals surface area contributed by atoms with Crippen LogP contribution in [0.15, 0.2) is 18.2 Å². The zero-order valence-electron chi connectivity index (χ0n) is 9.71. The summed E-state index contributed by atoms with van der Waals surface area (Å²) >= 11 is 11.6. The van der Waals surface area contributed by atoms with Gasteiger partial charge in [0.1, 0.15) is 0 Å². The van der Waals surface area contributed by atoms with Gasteiger partial charge >= 0.3 is 0 Å². The molecule has 1 aromatic carbocycles. The molecule has 0 bridgehead atoms. The van der Waals surface area contributed by atoms with E-state index in [1.54, 1.807) is 12.1 Å². The highest BCUT2D eigenvalue weighted by Gasteiger charge is 2.16. The predicted octanol–water partition coefficient (Wildman–Crippen LogP) is 2.74. The number of carbonyl (C=O) groups excluding carboxylic acids is 1. The maximum Gasteiger partial charge on any atom is 0.251 e. The molecule has 94 valence electrons. The molecule has 2 N–H and O–H groups in total. The first-order valence-electron chi connectivity index (χ1n) is 5.32. The number of hydrogen-bond donors (Lipinski definition) is 2. The molecule has 5 heteroatoms. The zero-order valence-corrected chi connectivity index (χ0v) is 11.2. The van der Waals surface area contributed by atoms with E-state index in [4.69, 9.17) is 28.3 Å². The van der Waals surface area contributed by atoms with Gasteiger partial charge in [-0.05, 0) is 24.1 Å². The summed E-state index contributed by atoms with van der Waals surface area (Å²) in [6, 6.07) is 4.41. The van der Waals surface area contributed by atoms with E-state index in [9.17, 15) is 4.79 Å². The quantitative estimate of drug-likeness (QED) is 0.888. The van der Waals surface area contributed by atoms with Crippen LogP contribution in [0.5, 0.6) is 0 Å². The number of aliphatic hydroxyl groups excluding tert-OH is 1. The molecular formula is C12H15Cl2NO2. The summed E-state index contributed by atoms with van der Waals surface area (Å²) in [4.78, 5) is 11.9. The number of aliphatic hydroxyl groups is 1. The normalized spacial score (nSPS) is 12.6. The maximum absolute atomic E-state index is 11.9. The molecule has 0 saturated heterocycles. The van der Waals surface area contributed by atoms with Gasteiger partial charge in [-0.3, -0.25) is 4.79 Å². The highest BCUT2D eigenvalue weighted by atomic mass is 35.5. The topological polar surface area (TPSA) is 49.3 Å². The van der Waals surface area contributed by atoms with Crippen molar-refractivity contribution < 1.29 is 9.90 Å². The first kappa shape index (κ1) is 14.3. The van der Waals surface area contributed by atoms with Gasteiger partial charge in [-0.1, -0.05) is 37.0 Å². The van der Waals surface area contributed by atoms with E-state index in [0.717, 1.165) is 0 Å². The standard InChI is InChI=1S/C12H15Cl2NO2/c1-7(2)11(6-16)15-12(17)8-3-4-9(13)10(14)5-8/h3-5,7,11,16H,6H2,1-2H3,(H,15,17)/t11-/m1/s1. The third-order valence-electron chi connectivity index (χ3n) is 2.50. The first-order valence-corrected chi connectivity index (χ1v) is 6.08. The number of carbonyl (C=O) groups is 1. The fraction of sp³-hybridized carbons (Fsp3) is 0.417. The van der Waals surface area contributed by atoms with Crippen LogP contribution in [-0.2, 0) is 0 Å². The van der Waals surface area contributed by atoms with Crippen molar-refractivity contribution in [2.45, 2.75) is 19.9 Å². The fourth-order valence-electron chi connectivity index (χ4n) is 1.31. The number of halogens is 2. The Morgan fingerprint density at radius 2 is 2.00 bits per heavy atom. The first-order chi connectivity index (χ1) is 7.95. The Hall–Kier alpha value is -0.770. The Morgan fingerprint density at radius 1 is 1.35 bits per heavy atom. The summed E-state index contributed by atoms with van der Waals surface area (Å²) in [6.07, 6.45) is 0. The van der Waals surface area contributed by atoms with Crippen LogP contribution in [0.25, 0.3) is 0 Å². The highest BCUT2D eigenvalue weighted by molar-refractivity contribution is 6.42. The van der Waals surface area contributed by atoms with Gasteiger partial charge in [-0.25, -0.2) is 0 Å². The van der Waals surface area contributed by atoms with Crippen molar-refractivity contribution in [3.05, 3.63) is 33.8 Å². The van der Waals surface area contributed by atoms with E-state index in [-0.39, 0.29) is 24.5 Å². The summed E-state index contributed by atoms with van der Waals surface area (Å²) in [7, 11) is 0. The molecule has 0 heterocycles. The van der Waals surface area contributed by atoms with Gasteiger partial charge in [-0.15, -0.1) is 0 Å². The van der Waals surface area contributed by atoms with Gasteiger partial charge in [0.2, 0.25) is 0 Å². The number of amides is 1. The van der Waals surface area contributed by atoms with E-state index < -0.39 is 0 Å². The number of rotatable bonds is 4. The molecule has 0 aromatic heterocycles. The van der Waals surface area contributed by atoms with Crippen LogP contribution in [0, 0.1) is 5.92 Å². The van der Waals surface area contributed by atoms with Crippen LogP contribution in [0.3, 0.4) is 0 Å². The summed E-state index contributed by atoms with van der Waals surface area (Å²) < 4.78 is 0. The van der Waals surface area contributed by atoms with E-state index in [2.05, 4.69) is 5.32 Å². The van der Waals surface area contributed by atoms with Crippen molar-refractivity contribution in [2.75, 3.05) is 6.61 Å². The van der Waals surface area contributed by atoms with Crippen LogP contribution in [0.2, 0.25) is 10.0 Å². The molecule has 0 aliphatic carbocycles. The van der Waals surface area contributed by atoms with E-state index >= 15 is 0 Å². The molecule has 1 atom stereocenters. The molecule has 3 nitrogen and oxygen atoms in total. The van der Waals surface area contributed by atoms with Gasteiger partial charge in [-0.2, -0.15) is 0 Å². The fourth-order valence-corrected chi connectivity index (χ4v) is 1.61. The van der Waals surface area contributed by atoms with Crippen LogP contribution in [0.1, 0.15) is 24.2 Å². The SMILES string of the molecule is CC(C)[C@@H](CO)NC(=O)c1ccc(Cl)c(Cl)c1. The Kier molecular flexibility index (Phi) is 5.25. The third-order valence-corrected chi connectivity index (χ3v) is 3.24. The van der Waals surface area contributed by atoms with Crippen molar-refractivity contribution in [1.29, 1.82) is 0 Å². The second-order valence-electron chi connectivity index (χ2n) is 4.14. The van der Waals surface area contributed by atoms with Crippen LogP contribution < -0.4 is 5.32 Å². The maximum atomic E-state index is 11.9. The Morgan fingerprint density at radius 3 is 2.47 bits per heavy atom. The minimum absolute atomic E-state index is 0.0925. The second-order valence-corrected chi connectivity index (χ2v) is 4.95. The Bertz CT molecular complexity index is 407. The van der Waals surface area contributed by atoms with E-state index in [1.807, 2.05) is 13.8 Å². The third kappa shape index (κ3) is 3.87. The predicted molar refractivity (Wildman–Crippen MR) is 69.6 cm³/mol.